The number of nitrogens with one attached hydrogen (secondary N) is 1. The van der Waals surface area contributed by atoms with Crippen molar-refractivity contribution in [3.05, 3.63) is 64.9 Å². The molecule has 126 valence electrons. The molecule has 1 N–H and O–H groups in total. The summed E-state index contributed by atoms with van der Waals surface area (Å²) in [6, 6.07) is 11.5. The minimum absolute atomic E-state index is 0.137. The molecule has 0 atom stereocenters. The lowest BCUT2D eigenvalue weighted by molar-refractivity contribution is -0.127. The van der Waals surface area contributed by atoms with Gasteiger partial charge >= 0.3 is 0 Å². The number of aromatic nitrogens is 1. The summed E-state index contributed by atoms with van der Waals surface area (Å²) in [5, 5.41) is 1.89. The second kappa shape index (κ2) is 7.27. The number of anilines is 1. The van der Waals surface area contributed by atoms with Crippen LogP contribution in [0.5, 0.6) is 0 Å². The quantitative estimate of drug-likeness (QED) is 0.851. The van der Waals surface area contributed by atoms with Crippen LogP contribution in [0.3, 0.4) is 0 Å². The van der Waals surface area contributed by atoms with Gasteiger partial charge in [0.15, 0.2) is 0 Å². The molecule has 0 spiro atoms. The number of carbonyl (C=O) groups excluding carboxylic acids is 3. The summed E-state index contributed by atoms with van der Waals surface area (Å²) in [7, 11) is 0. The lowest BCUT2D eigenvalue weighted by Gasteiger charge is -2.12. The number of amides is 3. The van der Waals surface area contributed by atoms with Gasteiger partial charge in [0.1, 0.15) is 18.2 Å². The molecule has 0 aliphatic carbocycles. The van der Waals surface area contributed by atoms with E-state index in [2.05, 4.69) is 10.3 Å². The number of hydrogen-bond donors (Lipinski definition) is 1. The van der Waals surface area contributed by atoms with Crippen molar-refractivity contribution >= 4 is 40.7 Å². The van der Waals surface area contributed by atoms with Crippen molar-refractivity contribution in [2.75, 3.05) is 11.9 Å². The molecule has 0 unspecified atom stereocenters. The van der Waals surface area contributed by atoms with Crippen molar-refractivity contribution in [2.45, 2.75) is 0 Å². The summed E-state index contributed by atoms with van der Waals surface area (Å²) in [4.78, 5) is 41.1. The predicted molar refractivity (Wildman–Crippen MR) is 91.9 cm³/mol. The highest BCUT2D eigenvalue weighted by molar-refractivity contribution is 8.18. The van der Waals surface area contributed by atoms with Crippen LogP contribution in [0.2, 0.25) is 0 Å². The number of benzene rings is 1. The molecule has 0 radical (unpaired) electrons. The van der Waals surface area contributed by atoms with Crippen molar-refractivity contribution in [3.8, 4) is 0 Å². The molecule has 2 aromatic rings. The maximum atomic E-state index is 12.8. The number of carbonyl (C=O) groups is 3. The van der Waals surface area contributed by atoms with Crippen molar-refractivity contribution in [1.82, 2.24) is 9.88 Å². The first-order valence-corrected chi connectivity index (χ1v) is 8.06. The molecule has 25 heavy (non-hydrogen) atoms. The van der Waals surface area contributed by atoms with Gasteiger partial charge < -0.3 is 5.32 Å². The van der Waals surface area contributed by atoms with Crippen LogP contribution in [-0.2, 0) is 9.59 Å². The van der Waals surface area contributed by atoms with E-state index in [0.717, 1.165) is 34.5 Å². The zero-order chi connectivity index (χ0) is 17.8. The SMILES string of the molecule is O=C(CN1C(=O)S/C(=C/c2ccccc2)C1=O)Nc1ccc(F)cn1. The van der Waals surface area contributed by atoms with E-state index in [9.17, 15) is 18.8 Å². The fourth-order valence-electron chi connectivity index (χ4n) is 2.11. The monoisotopic (exact) mass is 357 g/mol. The van der Waals surface area contributed by atoms with Crippen molar-refractivity contribution in [2.24, 2.45) is 0 Å². The van der Waals surface area contributed by atoms with Crippen LogP contribution in [0.4, 0.5) is 15.0 Å². The van der Waals surface area contributed by atoms with Gasteiger partial charge in [-0.1, -0.05) is 30.3 Å². The van der Waals surface area contributed by atoms with Crippen molar-refractivity contribution in [1.29, 1.82) is 0 Å². The Bertz CT molecular complexity index is 853. The van der Waals surface area contributed by atoms with Crippen LogP contribution >= 0.6 is 11.8 Å². The Morgan fingerprint density at radius 2 is 1.96 bits per heavy atom. The van der Waals surface area contributed by atoms with E-state index >= 15 is 0 Å². The molecule has 1 aromatic carbocycles. The topological polar surface area (TPSA) is 79.4 Å². The van der Waals surface area contributed by atoms with Gasteiger partial charge in [0.25, 0.3) is 11.1 Å². The van der Waals surface area contributed by atoms with E-state index in [4.69, 9.17) is 0 Å². The minimum atomic E-state index is -0.595. The molecule has 6 nitrogen and oxygen atoms in total. The highest BCUT2D eigenvalue weighted by Crippen LogP contribution is 2.31. The summed E-state index contributed by atoms with van der Waals surface area (Å²) in [5.74, 6) is -1.52. The fraction of sp³-hybridized carbons (Fsp3) is 0.0588. The van der Waals surface area contributed by atoms with Gasteiger partial charge in [-0.2, -0.15) is 0 Å². The average molecular weight is 357 g/mol. The summed E-state index contributed by atoms with van der Waals surface area (Å²) >= 11 is 0.780. The van der Waals surface area contributed by atoms with Gasteiger partial charge in [-0.3, -0.25) is 19.3 Å². The Morgan fingerprint density at radius 3 is 2.64 bits per heavy atom. The number of imide groups is 1. The molecule has 1 aliphatic rings. The Morgan fingerprint density at radius 1 is 1.20 bits per heavy atom. The van der Waals surface area contributed by atoms with Crippen molar-refractivity contribution in [3.63, 3.8) is 0 Å². The van der Waals surface area contributed by atoms with E-state index in [1.807, 2.05) is 18.2 Å². The maximum absolute atomic E-state index is 12.8. The second-order valence-electron chi connectivity index (χ2n) is 5.09. The zero-order valence-electron chi connectivity index (χ0n) is 12.8. The molecule has 0 bridgehead atoms. The maximum Gasteiger partial charge on any atom is 0.294 e. The van der Waals surface area contributed by atoms with Gasteiger partial charge in [-0.25, -0.2) is 9.37 Å². The molecule has 1 saturated heterocycles. The summed E-state index contributed by atoms with van der Waals surface area (Å²) in [5.41, 5.74) is 0.785. The molecule has 0 saturated carbocycles. The molecular formula is C17H12FN3O3S. The highest BCUT2D eigenvalue weighted by atomic mass is 32.2. The second-order valence-corrected chi connectivity index (χ2v) is 6.08. The smallest absolute Gasteiger partial charge is 0.294 e. The van der Waals surface area contributed by atoms with Crippen LogP contribution in [0, 0.1) is 5.82 Å². The number of hydrogen-bond acceptors (Lipinski definition) is 5. The van der Waals surface area contributed by atoms with Crippen LogP contribution in [-0.4, -0.2) is 33.5 Å². The van der Waals surface area contributed by atoms with Crippen LogP contribution in [0.25, 0.3) is 6.08 Å². The Kier molecular flexibility index (Phi) is 4.90. The molecule has 1 aliphatic heterocycles. The molecule has 3 amide bonds. The average Bonchev–Trinajstić information content (AvgIpc) is 2.85. The largest absolute Gasteiger partial charge is 0.309 e. The van der Waals surface area contributed by atoms with Gasteiger partial charge in [-0.05, 0) is 35.5 Å². The number of thioether (sulfide) groups is 1. The van der Waals surface area contributed by atoms with Gasteiger partial charge in [-0.15, -0.1) is 0 Å². The summed E-state index contributed by atoms with van der Waals surface area (Å²) in [6.07, 6.45) is 2.56. The Balaban J connectivity index is 1.67. The van der Waals surface area contributed by atoms with E-state index in [0.29, 0.717) is 0 Å². The molecule has 1 fully saturated rings. The first-order chi connectivity index (χ1) is 12.0. The van der Waals surface area contributed by atoms with E-state index in [1.54, 1.807) is 18.2 Å². The normalized spacial score (nSPS) is 15.7. The summed E-state index contributed by atoms with van der Waals surface area (Å²) in [6.45, 7) is -0.435. The molecular weight excluding hydrogens is 345 g/mol. The fourth-order valence-corrected chi connectivity index (χ4v) is 2.95. The van der Waals surface area contributed by atoms with Gasteiger partial charge in [0, 0.05) is 0 Å². The minimum Gasteiger partial charge on any atom is -0.309 e. The van der Waals surface area contributed by atoms with Crippen LogP contribution in [0.15, 0.2) is 53.6 Å². The number of nitrogens with zero attached hydrogens (tertiary/aromatic N) is 2. The molecule has 1 aromatic heterocycles. The van der Waals surface area contributed by atoms with E-state index in [1.165, 1.54) is 6.07 Å². The number of pyridine rings is 1. The Hall–Kier alpha value is -3.00. The highest BCUT2D eigenvalue weighted by Gasteiger charge is 2.36. The first-order valence-electron chi connectivity index (χ1n) is 7.25. The first kappa shape index (κ1) is 16.8. The van der Waals surface area contributed by atoms with Crippen LogP contribution < -0.4 is 5.32 Å². The van der Waals surface area contributed by atoms with Crippen LogP contribution in [0.1, 0.15) is 5.56 Å². The standard InChI is InChI=1S/C17H12FN3O3S/c18-12-6-7-14(19-9-12)20-15(22)10-21-16(23)13(25-17(21)24)8-11-4-2-1-3-5-11/h1-9H,10H2,(H,19,20,22)/b13-8+. The van der Waals surface area contributed by atoms with Crippen molar-refractivity contribution < 1.29 is 18.8 Å². The predicted octanol–water partition coefficient (Wildman–Crippen LogP) is 2.90. The lowest BCUT2D eigenvalue weighted by atomic mass is 10.2. The zero-order valence-corrected chi connectivity index (χ0v) is 13.6. The molecule has 8 heteroatoms. The van der Waals surface area contributed by atoms with E-state index < -0.39 is 29.4 Å². The van der Waals surface area contributed by atoms with Gasteiger partial charge in [0.2, 0.25) is 5.91 Å². The third kappa shape index (κ3) is 4.10. The van der Waals surface area contributed by atoms with E-state index in [-0.39, 0.29) is 10.7 Å². The van der Waals surface area contributed by atoms with Gasteiger partial charge in [0.05, 0.1) is 11.1 Å². The third-order valence-corrected chi connectivity index (χ3v) is 4.17. The molecule has 2 heterocycles. The molecule has 3 rings (SSSR count). The number of halogens is 1. The Labute approximate surface area is 146 Å². The summed E-state index contributed by atoms with van der Waals surface area (Å²) < 4.78 is 12.8. The lowest BCUT2D eigenvalue weighted by Crippen LogP contribution is -2.36. The number of rotatable bonds is 4. The third-order valence-electron chi connectivity index (χ3n) is 3.27.